The Morgan fingerprint density at radius 3 is 2.20 bits per heavy atom. The molecule has 1 nitrogen and oxygen atoms in total. The van der Waals surface area contributed by atoms with E-state index < -0.39 is 12.4 Å². The van der Waals surface area contributed by atoms with Gasteiger partial charge in [0.05, 0.1) is 6.61 Å². The molecule has 0 aromatic heterocycles. The van der Waals surface area contributed by atoms with Crippen LogP contribution in [0.1, 0.15) is 13.8 Å². The van der Waals surface area contributed by atoms with Gasteiger partial charge in [-0.15, -0.1) is 5.46 Å². The van der Waals surface area contributed by atoms with E-state index in [0.717, 1.165) is 11.5 Å². The summed E-state index contributed by atoms with van der Waals surface area (Å²) in [6.07, 6.45) is 0. The van der Waals surface area contributed by atoms with Crippen LogP contribution in [0, 0.1) is 5.92 Å². The molecule has 0 saturated heterocycles. The van der Waals surface area contributed by atoms with Gasteiger partial charge in [0.2, 0.25) is 0 Å². The molecule has 0 radical (unpaired) electrons. The average molecular weight is 306 g/mol. The van der Waals surface area contributed by atoms with Crippen molar-refractivity contribution in [1.82, 2.24) is 0 Å². The summed E-state index contributed by atoms with van der Waals surface area (Å²) in [5, 5.41) is 1.33. The number of fused-ring (bicyclic) bond motifs is 1. The van der Waals surface area contributed by atoms with E-state index in [1.807, 2.05) is 13.8 Å². The summed E-state index contributed by atoms with van der Waals surface area (Å²) in [7, 11) is 0. The molecule has 102 valence electrons. The second-order valence-corrected chi connectivity index (χ2v) is 5.05. The number of benzene rings is 2. The fourth-order valence-electron chi connectivity index (χ4n) is 1.80. The minimum atomic E-state index is -4.94. The van der Waals surface area contributed by atoms with E-state index in [-0.39, 0.29) is 51.4 Å². The summed E-state index contributed by atoms with van der Waals surface area (Å²) < 4.78 is 43.5. The Kier molecular flexibility index (Phi) is 6.60. The van der Waals surface area contributed by atoms with E-state index in [9.17, 15) is 12.9 Å². The number of hydrogen-bond donors (Lipinski definition) is 0. The monoisotopic (exact) mass is 306 g/mol. The summed E-state index contributed by atoms with van der Waals surface area (Å²) in [4.78, 5) is 0. The van der Waals surface area contributed by atoms with E-state index >= 15 is 0 Å². The van der Waals surface area contributed by atoms with Crippen LogP contribution in [-0.4, -0.2) is 13.6 Å². The zero-order valence-electron chi connectivity index (χ0n) is 11.9. The van der Waals surface area contributed by atoms with Crippen LogP contribution in [0.4, 0.5) is 12.9 Å². The van der Waals surface area contributed by atoms with Crippen LogP contribution in [0.3, 0.4) is 0 Å². The second kappa shape index (κ2) is 7.31. The molecule has 0 bridgehead atoms. The predicted octanol–water partition coefficient (Wildman–Crippen LogP) is 0.933. The molecule has 0 fully saturated rings. The molecule has 0 unspecified atom stereocenters. The average Bonchev–Trinajstić information content (AvgIpc) is 2.34. The van der Waals surface area contributed by atoms with Gasteiger partial charge in [-0.25, -0.2) is 0 Å². The molecule has 0 atom stereocenters. The van der Waals surface area contributed by atoms with Crippen molar-refractivity contribution >= 4 is 23.2 Å². The van der Waals surface area contributed by atoms with Gasteiger partial charge in [0.25, 0.3) is 0 Å². The van der Waals surface area contributed by atoms with Crippen molar-refractivity contribution < 1.29 is 69.1 Å². The fraction of sp³-hybridized carbons (Fsp3) is 0.286. The Morgan fingerprint density at radius 2 is 1.60 bits per heavy atom. The van der Waals surface area contributed by atoms with Crippen LogP contribution in [0.2, 0.25) is 0 Å². The summed E-state index contributed by atoms with van der Waals surface area (Å²) in [5.41, 5.74) is -0.566. The molecule has 2 rings (SSSR count). The van der Waals surface area contributed by atoms with E-state index in [0.29, 0.717) is 23.7 Å². The normalized spacial score (nSPS) is 11.5. The van der Waals surface area contributed by atoms with E-state index in [2.05, 4.69) is 0 Å². The van der Waals surface area contributed by atoms with Gasteiger partial charge in [-0.2, -0.15) is 0 Å². The Balaban J connectivity index is 0.00000200. The Labute approximate surface area is 159 Å². The van der Waals surface area contributed by atoms with Crippen molar-refractivity contribution in [3.05, 3.63) is 36.4 Å². The number of halogens is 3. The van der Waals surface area contributed by atoms with Crippen LogP contribution >= 0.6 is 0 Å². The first-order chi connectivity index (χ1) is 8.86. The molecule has 0 aliphatic carbocycles. The van der Waals surface area contributed by atoms with Gasteiger partial charge in [0.15, 0.2) is 0 Å². The largest absolute Gasteiger partial charge is 1.00 e. The molecule has 0 aliphatic rings. The quantitative estimate of drug-likeness (QED) is 0.764. The van der Waals surface area contributed by atoms with Crippen LogP contribution in [-0.2, 0) is 0 Å². The third-order valence-corrected chi connectivity index (χ3v) is 2.80. The summed E-state index contributed by atoms with van der Waals surface area (Å²) in [6, 6.07) is 8.93. The van der Waals surface area contributed by atoms with Crippen molar-refractivity contribution in [3.63, 3.8) is 0 Å². The smallest absolute Gasteiger partial charge is 0.493 e. The van der Waals surface area contributed by atoms with Crippen molar-refractivity contribution in [3.8, 4) is 5.75 Å². The molecule has 2 aromatic rings. The second-order valence-electron chi connectivity index (χ2n) is 5.05. The maximum absolute atomic E-state index is 12.6. The number of rotatable bonds is 4. The van der Waals surface area contributed by atoms with Crippen LogP contribution < -0.4 is 61.6 Å². The van der Waals surface area contributed by atoms with E-state index in [1.165, 1.54) is 12.1 Å². The molecule has 0 N–H and O–H groups in total. The minimum absolute atomic E-state index is 0. The van der Waals surface area contributed by atoms with Crippen molar-refractivity contribution in [2.75, 3.05) is 6.61 Å². The molecule has 20 heavy (non-hydrogen) atoms. The van der Waals surface area contributed by atoms with Crippen LogP contribution in [0.15, 0.2) is 36.4 Å². The molecule has 2 aromatic carbocycles. The van der Waals surface area contributed by atoms with Gasteiger partial charge < -0.3 is 17.7 Å². The van der Waals surface area contributed by atoms with E-state index in [1.54, 1.807) is 18.2 Å². The molecule has 0 saturated carbocycles. The molecule has 0 spiro atoms. The zero-order valence-corrected chi connectivity index (χ0v) is 15.0. The summed E-state index contributed by atoms with van der Waals surface area (Å²) in [5.74, 6) is 1.09. The van der Waals surface area contributed by atoms with Gasteiger partial charge in [-0.05, 0) is 28.8 Å². The van der Waals surface area contributed by atoms with E-state index in [4.69, 9.17) is 4.74 Å². The first kappa shape index (κ1) is 18.0. The molecule has 0 heterocycles. The number of hydrogen-bond acceptors (Lipinski definition) is 1. The van der Waals surface area contributed by atoms with Crippen molar-refractivity contribution in [1.29, 1.82) is 0 Å². The third kappa shape index (κ3) is 4.77. The topological polar surface area (TPSA) is 9.23 Å². The van der Waals surface area contributed by atoms with Crippen molar-refractivity contribution in [2.45, 2.75) is 13.8 Å². The Morgan fingerprint density at radius 1 is 1.00 bits per heavy atom. The first-order valence-electron chi connectivity index (χ1n) is 6.23. The third-order valence-electron chi connectivity index (χ3n) is 2.80. The molecule has 0 amide bonds. The van der Waals surface area contributed by atoms with Crippen LogP contribution in [0.25, 0.3) is 10.8 Å². The van der Waals surface area contributed by atoms with Gasteiger partial charge in [0.1, 0.15) is 5.75 Å². The van der Waals surface area contributed by atoms with Gasteiger partial charge >= 0.3 is 58.4 Å². The maximum Gasteiger partial charge on any atom is 1.00 e. The van der Waals surface area contributed by atoms with Gasteiger partial charge in [0, 0.05) is 0 Å². The fourth-order valence-corrected chi connectivity index (χ4v) is 1.80. The first-order valence-corrected chi connectivity index (χ1v) is 6.23. The SMILES string of the molecule is CC(C)COc1ccc2cc([B-](F)(F)F)ccc2c1.[K+]. The van der Waals surface area contributed by atoms with Gasteiger partial charge in [-0.1, -0.05) is 38.1 Å². The molecular formula is C14H15BF3KO. The Bertz CT molecular complexity index is 584. The van der Waals surface area contributed by atoms with Gasteiger partial charge in [-0.3, -0.25) is 0 Å². The van der Waals surface area contributed by atoms with Crippen molar-refractivity contribution in [2.24, 2.45) is 5.92 Å². The summed E-state index contributed by atoms with van der Waals surface area (Å²) >= 11 is 0. The Hall–Kier alpha value is -0.00870. The van der Waals surface area contributed by atoms with Crippen LogP contribution in [0.5, 0.6) is 5.75 Å². The molecule has 0 aliphatic heterocycles. The molecule has 6 heteroatoms. The number of ether oxygens (including phenoxy) is 1. The molecular weight excluding hydrogens is 291 g/mol. The summed E-state index contributed by atoms with van der Waals surface area (Å²) in [6.45, 7) is -0.271. The minimum Gasteiger partial charge on any atom is -0.493 e. The predicted molar refractivity (Wildman–Crippen MR) is 73.0 cm³/mol. The zero-order chi connectivity index (χ0) is 14.0. The standard InChI is InChI=1S/C14H15BF3O.K/c1-10(2)9-19-14-6-4-11-7-13(15(16,17)18)5-3-12(11)8-14;/h3-8,10H,9H2,1-2H3;/q-1;+1. The maximum atomic E-state index is 12.6.